The number of amides is 2. The maximum absolute atomic E-state index is 13.5. The molecular formula is C42H50Cl3N7O6Si. The van der Waals surface area contributed by atoms with E-state index >= 15 is 0 Å². The van der Waals surface area contributed by atoms with Crippen molar-refractivity contribution in [2.24, 2.45) is 18.2 Å². The van der Waals surface area contributed by atoms with E-state index in [9.17, 15) is 14.4 Å². The molecule has 1 aliphatic heterocycles. The molecule has 0 radical (unpaired) electrons. The number of aromatic nitrogens is 5. The van der Waals surface area contributed by atoms with Gasteiger partial charge >= 0.3 is 6.09 Å². The van der Waals surface area contributed by atoms with Gasteiger partial charge in [0.2, 0.25) is 11.8 Å². The van der Waals surface area contributed by atoms with Gasteiger partial charge in [0.15, 0.2) is 14.1 Å². The summed E-state index contributed by atoms with van der Waals surface area (Å²) in [5.41, 5.74) is 7.39. The van der Waals surface area contributed by atoms with E-state index in [0.717, 1.165) is 0 Å². The second-order valence-corrected chi connectivity index (χ2v) is 23.4. The number of carbonyl (C=O) groups excluding carboxylic acids is 2. The molecular weight excluding hydrogens is 833 g/mol. The average Bonchev–Trinajstić information content (AvgIpc) is 3.78. The van der Waals surface area contributed by atoms with E-state index in [0.29, 0.717) is 67.0 Å². The molecule has 17 heteroatoms. The topological polar surface area (TPSA) is 165 Å². The molecule has 13 nitrogen and oxygen atoms in total. The molecule has 5 aromatic rings. The number of rotatable bonds is 11. The van der Waals surface area contributed by atoms with Crippen LogP contribution >= 0.6 is 34.8 Å². The van der Waals surface area contributed by atoms with E-state index in [1.54, 1.807) is 48.2 Å². The molecule has 5 heterocycles. The third-order valence-corrected chi connectivity index (χ3v) is 17.4. The Morgan fingerprint density at radius 1 is 1.02 bits per heavy atom. The number of carbonyl (C=O) groups is 2. The van der Waals surface area contributed by atoms with Gasteiger partial charge in [-0.2, -0.15) is 5.10 Å². The van der Waals surface area contributed by atoms with Crippen molar-refractivity contribution < 1.29 is 23.5 Å². The Bertz CT molecular complexity index is 2530. The van der Waals surface area contributed by atoms with Gasteiger partial charge in [-0.15, -0.1) is 0 Å². The number of primary amides is 1. The van der Waals surface area contributed by atoms with Crippen LogP contribution in [-0.4, -0.2) is 63.2 Å². The number of nitrogens with zero attached hydrogens (tertiary/aromatic N) is 5. The molecule has 0 saturated carbocycles. The van der Waals surface area contributed by atoms with Crippen molar-refractivity contribution in [2.45, 2.75) is 97.2 Å². The minimum Gasteiger partial charge on any atom is -0.481 e. The smallest absolute Gasteiger partial charge is 0.405 e. The predicted octanol–water partition coefficient (Wildman–Crippen LogP) is 9.02. The third kappa shape index (κ3) is 8.34. The van der Waals surface area contributed by atoms with Crippen LogP contribution in [0.15, 0.2) is 53.6 Å². The van der Waals surface area contributed by atoms with Crippen molar-refractivity contribution >= 4 is 60.6 Å². The van der Waals surface area contributed by atoms with Gasteiger partial charge in [-0.05, 0) is 42.8 Å². The SMILES string of the molecule is COc1nc(-c2cccc(-c3ccnc(-c4cc5c(=O)n(C)c(CO[Si](C)(C)C(C)(C)C)nn5c4)c3Cl)c2Cl)cc(Cl)c1C[C@@](OC(N)=O)(C1CCC(=O)N1)C(C)(C)C. The molecule has 0 bridgehead atoms. The molecule has 3 N–H and O–H groups in total. The number of ether oxygens (including phenoxy) is 2. The molecule has 1 fully saturated rings. The number of hydrogen-bond donors (Lipinski definition) is 2. The minimum atomic E-state index is -2.11. The van der Waals surface area contributed by atoms with Crippen LogP contribution in [0.1, 0.15) is 65.8 Å². The van der Waals surface area contributed by atoms with Gasteiger partial charge in [0.25, 0.3) is 5.56 Å². The third-order valence-electron chi connectivity index (χ3n) is 11.8. The highest BCUT2D eigenvalue weighted by atomic mass is 35.5. The van der Waals surface area contributed by atoms with E-state index in [1.807, 2.05) is 32.9 Å². The van der Waals surface area contributed by atoms with Crippen LogP contribution < -0.4 is 21.3 Å². The maximum Gasteiger partial charge on any atom is 0.405 e. The Kier molecular flexibility index (Phi) is 12.1. The van der Waals surface area contributed by atoms with Crippen LogP contribution in [-0.2, 0) is 34.0 Å². The van der Waals surface area contributed by atoms with Crippen LogP contribution in [0.3, 0.4) is 0 Å². The predicted molar refractivity (Wildman–Crippen MR) is 234 cm³/mol. The molecule has 1 saturated heterocycles. The van der Waals surface area contributed by atoms with Gasteiger partial charge in [0, 0.05) is 65.5 Å². The zero-order valence-electron chi connectivity index (χ0n) is 34.9. The van der Waals surface area contributed by atoms with Crippen molar-refractivity contribution in [2.75, 3.05) is 7.11 Å². The number of pyridine rings is 2. The zero-order valence-corrected chi connectivity index (χ0v) is 38.2. The molecule has 2 atom stereocenters. The van der Waals surface area contributed by atoms with E-state index in [-0.39, 0.29) is 46.9 Å². The standard InChI is InChI=1S/C42H50Cl3N7O6Si/c1-40(2,3)42(58-39(46)55,31-14-15-33(53)49-31)20-27-28(43)19-29(48-37(27)56-8)26-13-11-12-24(34(26)44)25-16-17-47-36(35(25)45)23-18-30-38(54)51(7)32(50-52(30)21-23)22-57-59(9,10)41(4,5)6/h11-13,16-19,21,31H,14-15,20,22H2,1-10H3,(H2,46,55)(H,49,53)/t31?,42-/m1/s1. The van der Waals surface area contributed by atoms with Crippen molar-refractivity contribution in [3.63, 3.8) is 0 Å². The Hall–Kier alpha value is -4.47. The summed E-state index contributed by atoms with van der Waals surface area (Å²) in [6, 6.07) is 10.1. The lowest BCUT2D eigenvalue weighted by Gasteiger charge is -2.47. The zero-order chi connectivity index (χ0) is 43.4. The first kappa shape index (κ1) is 44.1. The number of hydrogen-bond acceptors (Lipinski definition) is 9. The largest absolute Gasteiger partial charge is 0.481 e. The normalized spacial score (nSPS) is 15.9. The molecule has 1 aliphatic rings. The first-order chi connectivity index (χ1) is 27.5. The van der Waals surface area contributed by atoms with Crippen LogP contribution in [0.25, 0.3) is 39.2 Å². The summed E-state index contributed by atoms with van der Waals surface area (Å²) in [5, 5.41) is 8.63. The molecule has 59 heavy (non-hydrogen) atoms. The molecule has 1 aromatic carbocycles. The van der Waals surface area contributed by atoms with Gasteiger partial charge in [-0.3, -0.25) is 19.1 Å². The fraction of sp³-hybridized carbons (Fsp3) is 0.429. The second-order valence-electron chi connectivity index (χ2n) is 17.4. The van der Waals surface area contributed by atoms with Crippen LogP contribution in [0, 0.1) is 5.41 Å². The van der Waals surface area contributed by atoms with Gasteiger partial charge in [0.1, 0.15) is 11.1 Å². The molecule has 314 valence electrons. The molecule has 4 aromatic heterocycles. The van der Waals surface area contributed by atoms with E-state index < -0.39 is 31.5 Å². The average molecular weight is 883 g/mol. The summed E-state index contributed by atoms with van der Waals surface area (Å²) in [6.07, 6.45) is 3.13. The van der Waals surface area contributed by atoms with Gasteiger partial charge in [0.05, 0.1) is 46.2 Å². The summed E-state index contributed by atoms with van der Waals surface area (Å²) in [7, 11) is 1.05. The first-order valence-electron chi connectivity index (χ1n) is 19.2. The lowest BCUT2D eigenvalue weighted by molar-refractivity contribution is -0.122. The van der Waals surface area contributed by atoms with Crippen LogP contribution in [0.5, 0.6) is 5.88 Å². The summed E-state index contributed by atoms with van der Waals surface area (Å²) < 4.78 is 21.2. The Labute approximate surface area is 359 Å². The molecule has 2 amide bonds. The van der Waals surface area contributed by atoms with Crippen LogP contribution in [0.4, 0.5) is 4.79 Å². The number of benzene rings is 1. The highest BCUT2D eigenvalue weighted by Gasteiger charge is 2.54. The van der Waals surface area contributed by atoms with Crippen LogP contribution in [0.2, 0.25) is 33.2 Å². The van der Waals surface area contributed by atoms with Gasteiger partial charge in [-0.25, -0.2) is 14.3 Å². The van der Waals surface area contributed by atoms with Gasteiger partial charge < -0.3 is 25.0 Å². The number of fused-ring (bicyclic) bond motifs is 1. The molecule has 0 spiro atoms. The second kappa shape index (κ2) is 16.2. The summed E-state index contributed by atoms with van der Waals surface area (Å²) in [4.78, 5) is 47.8. The fourth-order valence-corrected chi connectivity index (χ4v) is 9.07. The molecule has 6 rings (SSSR count). The quantitative estimate of drug-likeness (QED) is 0.123. The molecule has 1 unspecified atom stereocenters. The molecule has 0 aliphatic carbocycles. The van der Waals surface area contributed by atoms with E-state index in [1.165, 1.54) is 11.7 Å². The minimum absolute atomic E-state index is 0.00581. The summed E-state index contributed by atoms with van der Waals surface area (Å²) >= 11 is 21.4. The highest BCUT2D eigenvalue weighted by molar-refractivity contribution is 6.74. The van der Waals surface area contributed by atoms with E-state index in [2.05, 4.69) is 44.2 Å². The summed E-state index contributed by atoms with van der Waals surface area (Å²) in [6.45, 7) is 16.7. The highest BCUT2D eigenvalue weighted by Crippen LogP contribution is 2.47. The van der Waals surface area contributed by atoms with Crippen molar-refractivity contribution in [1.82, 2.24) is 29.5 Å². The maximum atomic E-state index is 13.5. The number of halogens is 3. The lowest BCUT2D eigenvalue weighted by Crippen LogP contribution is -2.61. The Balaban J connectivity index is 1.37. The van der Waals surface area contributed by atoms with Gasteiger partial charge in [-0.1, -0.05) is 94.5 Å². The lowest BCUT2D eigenvalue weighted by atomic mass is 9.68. The fourth-order valence-electron chi connectivity index (χ4n) is 7.25. The van der Waals surface area contributed by atoms with Crippen molar-refractivity contribution in [3.8, 4) is 39.5 Å². The number of methoxy groups -OCH3 is 1. The van der Waals surface area contributed by atoms with E-state index in [4.69, 9.17) is 64.5 Å². The Morgan fingerprint density at radius 2 is 1.69 bits per heavy atom. The number of nitrogens with two attached hydrogens (primary N) is 1. The summed E-state index contributed by atoms with van der Waals surface area (Å²) in [5.74, 6) is 0.527. The Morgan fingerprint density at radius 3 is 2.31 bits per heavy atom. The van der Waals surface area contributed by atoms with Crippen molar-refractivity contribution in [3.05, 3.63) is 85.6 Å². The monoisotopic (exact) mass is 881 g/mol. The first-order valence-corrected chi connectivity index (χ1v) is 23.2. The van der Waals surface area contributed by atoms with Crippen molar-refractivity contribution in [1.29, 1.82) is 0 Å². The number of nitrogens with one attached hydrogen (secondary N) is 1.